The smallest absolute Gasteiger partial charge is 0.325 e. The Bertz CT molecular complexity index is 841. The van der Waals surface area contributed by atoms with Gasteiger partial charge in [-0.05, 0) is 56.9 Å². The molecule has 1 aromatic carbocycles. The molecule has 0 bridgehead atoms. The van der Waals surface area contributed by atoms with E-state index in [1.54, 1.807) is 21.1 Å². The Hall–Kier alpha value is -2.61. The Labute approximate surface area is 168 Å². The van der Waals surface area contributed by atoms with Crippen LogP contribution < -0.4 is 15.0 Å². The van der Waals surface area contributed by atoms with Crippen molar-refractivity contribution in [1.82, 2.24) is 9.88 Å². The third-order valence-electron chi connectivity index (χ3n) is 4.98. The van der Waals surface area contributed by atoms with E-state index in [4.69, 9.17) is 4.74 Å². The molecule has 0 radical (unpaired) electrons. The number of rotatable bonds is 6. The van der Waals surface area contributed by atoms with E-state index in [-0.39, 0.29) is 18.5 Å². The summed E-state index contributed by atoms with van der Waals surface area (Å²) in [6.45, 7) is 3.66. The molecule has 28 heavy (non-hydrogen) atoms. The molecule has 0 saturated carbocycles. The largest absolute Gasteiger partial charge is 0.494 e. The average Bonchev–Trinajstić information content (AvgIpc) is 3.26. The summed E-state index contributed by atoms with van der Waals surface area (Å²) in [7, 11) is 0. The lowest BCUT2D eigenvalue weighted by Gasteiger charge is -2.18. The molecule has 2 aliphatic rings. The first-order chi connectivity index (χ1) is 13.6. The molecule has 0 unspecified atom stereocenters. The molecule has 1 saturated heterocycles. The van der Waals surface area contributed by atoms with Gasteiger partial charge in [-0.2, -0.15) is 0 Å². The predicted molar refractivity (Wildman–Crippen MR) is 109 cm³/mol. The van der Waals surface area contributed by atoms with E-state index in [9.17, 15) is 9.59 Å². The van der Waals surface area contributed by atoms with Crippen molar-refractivity contribution in [2.75, 3.05) is 36.5 Å². The Morgan fingerprint density at radius 1 is 1.21 bits per heavy atom. The van der Waals surface area contributed by atoms with Crippen molar-refractivity contribution in [3.63, 3.8) is 0 Å². The number of anilines is 2. The van der Waals surface area contributed by atoms with Crippen molar-refractivity contribution < 1.29 is 14.3 Å². The second-order valence-corrected chi connectivity index (χ2v) is 8.01. The summed E-state index contributed by atoms with van der Waals surface area (Å²) in [6.07, 6.45) is 4.38. The fraction of sp³-hybridized carbons (Fsp3) is 0.450. The van der Waals surface area contributed by atoms with Crippen molar-refractivity contribution in [2.24, 2.45) is 0 Å². The molecule has 0 atom stereocenters. The highest BCUT2D eigenvalue weighted by atomic mass is 32.1. The monoisotopic (exact) mass is 400 g/mol. The van der Waals surface area contributed by atoms with Crippen LogP contribution in [0, 0.1) is 0 Å². The molecule has 7 nitrogen and oxygen atoms in total. The highest BCUT2D eigenvalue weighted by Gasteiger charge is 2.31. The lowest BCUT2D eigenvalue weighted by Crippen LogP contribution is -2.37. The van der Waals surface area contributed by atoms with Gasteiger partial charge >= 0.3 is 6.03 Å². The predicted octanol–water partition coefficient (Wildman–Crippen LogP) is 3.30. The van der Waals surface area contributed by atoms with Gasteiger partial charge in [-0.25, -0.2) is 9.78 Å². The van der Waals surface area contributed by atoms with E-state index >= 15 is 0 Å². The number of urea groups is 1. The molecule has 0 spiro atoms. The summed E-state index contributed by atoms with van der Waals surface area (Å²) in [6, 6.07) is 7.29. The Morgan fingerprint density at radius 2 is 2.00 bits per heavy atom. The van der Waals surface area contributed by atoms with Gasteiger partial charge in [0, 0.05) is 23.7 Å². The fourth-order valence-corrected chi connectivity index (χ4v) is 4.66. The second kappa shape index (κ2) is 8.18. The number of hydrogen-bond donors (Lipinski definition) is 1. The molecule has 1 aliphatic heterocycles. The van der Waals surface area contributed by atoms with Gasteiger partial charge in [0.05, 0.1) is 12.3 Å². The van der Waals surface area contributed by atoms with Gasteiger partial charge in [0.25, 0.3) is 0 Å². The van der Waals surface area contributed by atoms with Gasteiger partial charge < -0.3 is 15.0 Å². The number of fused-ring (bicyclic) bond motifs is 1. The molecule has 1 fully saturated rings. The van der Waals surface area contributed by atoms with Gasteiger partial charge in [-0.15, -0.1) is 11.3 Å². The number of nitrogens with zero attached hydrogens (tertiary/aromatic N) is 3. The van der Waals surface area contributed by atoms with Crippen LogP contribution in [0.15, 0.2) is 24.3 Å². The Morgan fingerprint density at radius 3 is 2.75 bits per heavy atom. The maximum Gasteiger partial charge on any atom is 0.325 e. The van der Waals surface area contributed by atoms with E-state index < -0.39 is 0 Å². The van der Waals surface area contributed by atoms with Crippen LogP contribution in [0.25, 0.3) is 0 Å². The number of hydrogen-bond acceptors (Lipinski definition) is 5. The Kier molecular flexibility index (Phi) is 5.47. The lowest BCUT2D eigenvalue weighted by molar-refractivity contribution is -0.116. The molecule has 3 amide bonds. The maximum atomic E-state index is 12.7. The minimum atomic E-state index is -0.201. The molecular weight excluding hydrogens is 376 g/mol. The number of nitrogens with one attached hydrogen (secondary N) is 1. The van der Waals surface area contributed by atoms with Crippen molar-refractivity contribution in [1.29, 1.82) is 0 Å². The molecular formula is C20H24N4O3S. The zero-order valence-electron chi connectivity index (χ0n) is 15.9. The summed E-state index contributed by atoms with van der Waals surface area (Å²) < 4.78 is 5.44. The first-order valence-electron chi connectivity index (χ1n) is 9.72. The minimum Gasteiger partial charge on any atom is -0.494 e. The van der Waals surface area contributed by atoms with Gasteiger partial charge in [0.1, 0.15) is 12.3 Å². The van der Waals surface area contributed by atoms with Crippen LogP contribution in [-0.4, -0.2) is 48.1 Å². The second-order valence-electron chi connectivity index (χ2n) is 6.93. The number of ether oxygens (including phenoxy) is 1. The van der Waals surface area contributed by atoms with Gasteiger partial charge in [0.15, 0.2) is 5.13 Å². The van der Waals surface area contributed by atoms with E-state index in [1.807, 2.05) is 31.2 Å². The van der Waals surface area contributed by atoms with Crippen LogP contribution in [-0.2, 0) is 17.6 Å². The van der Waals surface area contributed by atoms with E-state index in [2.05, 4.69) is 10.3 Å². The normalized spacial score (nSPS) is 16.2. The van der Waals surface area contributed by atoms with Crippen LogP contribution in [0.3, 0.4) is 0 Å². The number of amides is 3. The van der Waals surface area contributed by atoms with Crippen molar-refractivity contribution in [2.45, 2.75) is 32.6 Å². The molecule has 1 N–H and O–H groups in total. The number of aryl methyl sites for hydroxylation is 2. The fourth-order valence-electron chi connectivity index (χ4n) is 3.60. The molecule has 2 aromatic rings. The highest BCUT2D eigenvalue weighted by Crippen LogP contribution is 2.29. The summed E-state index contributed by atoms with van der Waals surface area (Å²) in [4.78, 5) is 34.2. The topological polar surface area (TPSA) is 74.8 Å². The number of carbonyl (C=O) groups is 2. The van der Waals surface area contributed by atoms with Crippen LogP contribution in [0.2, 0.25) is 0 Å². The first kappa shape index (κ1) is 18.7. The summed E-state index contributed by atoms with van der Waals surface area (Å²) in [5.74, 6) is 0.577. The van der Waals surface area contributed by atoms with E-state index in [1.165, 1.54) is 11.3 Å². The highest BCUT2D eigenvalue weighted by molar-refractivity contribution is 7.15. The third-order valence-corrected chi connectivity index (χ3v) is 6.05. The molecule has 148 valence electrons. The molecule has 1 aliphatic carbocycles. The van der Waals surface area contributed by atoms with Crippen LogP contribution in [0.5, 0.6) is 5.75 Å². The summed E-state index contributed by atoms with van der Waals surface area (Å²) in [5.41, 5.74) is 1.93. The third kappa shape index (κ3) is 3.96. The van der Waals surface area contributed by atoms with Crippen LogP contribution in [0.4, 0.5) is 15.6 Å². The SMILES string of the molecule is CCOc1ccc(N2CCN(CC(=O)Nc3nc4c(s3)CCCC4)C2=O)cc1. The van der Waals surface area contributed by atoms with Gasteiger partial charge in [-0.1, -0.05) is 0 Å². The maximum absolute atomic E-state index is 12.7. The number of carbonyl (C=O) groups excluding carboxylic acids is 2. The number of aromatic nitrogens is 1. The number of thiazole rings is 1. The molecule has 1 aromatic heterocycles. The lowest BCUT2D eigenvalue weighted by atomic mass is 10.0. The van der Waals surface area contributed by atoms with Crippen LogP contribution >= 0.6 is 11.3 Å². The standard InChI is InChI=1S/C20H24N4O3S/c1-2-27-15-9-7-14(8-10-15)24-12-11-23(20(24)26)13-18(25)22-19-21-16-5-3-4-6-17(16)28-19/h7-10H,2-6,11-13H2,1H3,(H,21,22,25). The molecule has 2 heterocycles. The van der Waals surface area contributed by atoms with Gasteiger partial charge in [-0.3, -0.25) is 9.69 Å². The van der Waals surface area contributed by atoms with Crippen LogP contribution in [0.1, 0.15) is 30.3 Å². The van der Waals surface area contributed by atoms with Crippen molar-refractivity contribution >= 4 is 34.1 Å². The molecule has 4 rings (SSSR count). The van der Waals surface area contributed by atoms with E-state index in [0.717, 1.165) is 36.4 Å². The molecule has 8 heteroatoms. The average molecular weight is 401 g/mol. The van der Waals surface area contributed by atoms with Crippen molar-refractivity contribution in [3.8, 4) is 5.75 Å². The quantitative estimate of drug-likeness (QED) is 0.807. The summed E-state index contributed by atoms with van der Waals surface area (Å²) in [5, 5.41) is 3.51. The summed E-state index contributed by atoms with van der Waals surface area (Å²) >= 11 is 1.56. The van der Waals surface area contributed by atoms with Gasteiger partial charge in [0.2, 0.25) is 5.91 Å². The zero-order chi connectivity index (χ0) is 19.5. The Balaban J connectivity index is 1.34. The van der Waals surface area contributed by atoms with Crippen molar-refractivity contribution in [3.05, 3.63) is 34.8 Å². The number of benzene rings is 1. The van der Waals surface area contributed by atoms with E-state index in [0.29, 0.717) is 24.8 Å². The minimum absolute atomic E-state index is 0.0383. The first-order valence-corrected chi connectivity index (χ1v) is 10.5. The zero-order valence-corrected chi connectivity index (χ0v) is 16.8.